The first-order valence-electron chi connectivity index (χ1n) is 4.89. The number of thiophene rings is 1. The summed E-state index contributed by atoms with van der Waals surface area (Å²) in [4.78, 5) is 12.4. The van der Waals surface area contributed by atoms with Crippen molar-refractivity contribution in [1.29, 1.82) is 0 Å². The van der Waals surface area contributed by atoms with Gasteiger partial charge in [-0.2, -0.15) is 0 Å². The van der Waals surface area contributed by atoms with E-state index in [4.69, 9.17) is 5.73 Å². The van der Waals surface area contributed by atoms with Crippen LogP contribution in [-0.4, -0.2) is 12.5 Å². The zero-order valence-corrected chi connectivity index (χ0v) is 9.51. The van der Waals surface area contributed by atoms with E-state index < -0.39 is 0 Å². The minimum atomic E-state index is -0.0697. The smallest absolute Gasteiger partial charge is 0.261 e. The van der Waals surface area contributed by atoms with E-state index in [9.17, 15) is 4.79 Å². The van der Waals surface area contributed by atoms with Gasteiger partial charge < -0.3 is 11.1 Å². The first-order chi connectivity index (χ1) is 7.70. The number of fused-ring (bicyclic) bond motifs is 1. The Bertz CT molecular complexity index is 545. The van der Waals surface area contributed by atoms with E-state index in [2.05, 4.69) is 11.9 Å². The lowest BCUT2D eigenvalue weighted by Gasteiger charge is -1.96. The SMILES string of the molecule is C=CCNC(=O)c1cc2cc(N)ccc2s1. The summed E-state index contributed by atoms with van der Waals surface area (Å²) in [5, 5.41) is 3.75. The molecule has 3 N–H and O–H groups in total. The molecule has 1 amide bonds. The van der Waals surface area contributed by atoms with Crippen molar-refractivity contribution in [2.75, 3.05) is 12.3 Å². The molecule has 0 saturated carbocycles. The van der Waals surface area contributed by atoms with Crippen LogP contribution in [0.4, 0.5) is 5.69 Å². The van der Waals surface area contributed by atoms with Crippen LogP contribution in [0.25, 0.3) is 10.1 Å². The number of hydrogen-bond acceptors (Lipinski definition) is 3. The maximum Gasteiger partial charge on any atom is 0.261 e. The Labute approximate surface area is 97.6 Å². The van der Waals surface area contributed by atoms with Crippen LogP contribution in [0.3, 0.4) is 0 Å². The largest absolute Gasteiger partial charge is 0.399 e. The fraction of sp³-hybridized carbons (Fsp3) is 0.0833. The van der Waals surface area contributed by atoms with E-state index in [-0.39, 0.29) is 5.91 Å². The number of anilines is 1. The third-order valence-electron chi connectivity index (χ3n) is 2.17. The van der Waals surface area contributed by atoms with Crippen molar-refractivity contribution in [3.8, 4) is 0 Å². The molecule has 1 aromatic carbocycles. The average molecular weight is 232 g/mol. The number of nitrogens with one attached hydrogen (secondary N) is 1. The third-order valence-corrected chi connectivity index (χ3v) is 3.29. The van der Waals surface area contributed by atoms with Crippen molar-refractivity contribution in [2.45, 2.75) is 0 Å². The van der Waals surface area contributed by atoms with Gasteiger partial charge in [0.15, 0.2) is 0 Å². The summed E-state index contributed by atoms with van der Waals surface area (Å²) in [7, 11) is 0. The van der Waals surface area contributed by atoms with E-state index in [0.717, 1.165) is 10.1 Å². The zero-order valence-electron chi connectivity index (χ0n) is 8.69. The van der Waals surface area contributed by atoms with Crippen molar-refractivity contribution in [1.82, 2.24) is 5.32 Å². The Morgan fingerprint density at radius 1 is 1.50 bits per heavy atom. The van der Waals surface area contributed by atoms with Gasteiger partial charge in [0.1, 0.15) is 0 Å². The number of benzene rings is 1. The van der Waals surface area contributed by atoms with Crippen LogP contribution in [0.1, 0.15) is 9.67 Å². The highest BCUT2D eigenvalue weighted by Crippen LogP contribution is 2.27. The molecule has 82 valence electrons. The van der Waals surface area contributed by atoms with Crippen LogP contribution >= 0.6 is 11.3 Å². The van der Waals surface area contributed by atoms with Gasteiger partial charge >= 0.3 is 0 Å². The number of nitrogen functional groups attached to an aromatic ring is 1. The number of carbonyl (C=O) groups is 1. The van der Waals surface area contributed by atoms with E-state index in [1.807, 2.05) is 24.3 Å². The molecule has 0 fully saturated rings. The molecular weight excluding hydrogens is 220 g/mol. The van der Waals surface area contributed by atoms with Crippen LogP contribution in [0, 0.1) is 0 Å². The number of hydrogen-bond donors (Lipinski definition) is 2. The molecule has 2 aromatic rings. The number of rotatable bonds is 3. The molecule has 4 heteroatoms. The fourth-order valence-corrected chi connectivity index (χ4v) is 2.39. The van der Waals surface area contributed by atoms with E-state index in [0.29, 0.717) is 17.1 Å². The predicted molar refractivity (Wildman–Crippen MR) is 68.8 cm³/mol. The highest BCUT2D eigenvalue weighted by atomic mass is 32.1. The third kappa shape index (κ3) is 2.06. The average Bonchev–Trinajstić information content (AvgIpc) is 2.68. The molecule has 2 rings (SSSR count). The molecule has 0 unspecified atom stereocenters. The second-order valence-corrected chi connectivity index (χ2v) is 4.49. The van der Waals surface area contributed by atoms with Crippen molar-refractivity contribution in [3.05, 3.63) is 41.8 Å². The van der Waals surface area contributed by atoms with Crippen LogP contribution in [0.2, 0.25) is 0 Å². The van der Waals surface area contributed by atoms with Crippen molar-refractivity contribution < 1.29 is 4.79 Å². The van der Waals surface area contributed by atoms with E-state index in [1.54, 1.807) is 6.08 Å². The molecule has 0 atom stereocenters. The summed E-state index contributed by atoms with van der Waals surface area (Å²) in [6.07, 6.45) is 1.66. The van der Waals surface area contributed by atoms with Crippen molar-refractivity contribution >= 4 is 33.0 Å². The lowest BCUT2D eigenvalue weighted by atomic mass is 10.2. The molecular formula is C12H12N2OS. The molecule has 0 radical (unpaired) electrons. The zero-order chi connectivity index (χ0) is 11.5. The minimum Gasteiger partial charge on any atom is -0.399 e. The van der Waals surface area contributed by atoms with Gasteiger partial charge in [0.25, 0.3) is 5.91 Å². The molecule has 1 heterocycles. The monoisotopic (exact) mass is 232 g/mol. The van der Waals surface area contributed by atoms with Gasteiger partial charge in [0.2, 0.25) is 0 Å². The molecule has 0 aliphatic rings. The lowest BCUT2D eigenvalue weighted by molar-refractivity contribution is 0.0962. The van der Waals surface area contributed by atoms with E-state index in [1.165, 1.54) is 11.3 Å². The Hall–Kier alpha value is -1.81. The van der Waals surface area contributed by atoms with Crippen molar-refractivity contribution in [3.63, 3.8) is 0 Å². The second-order valence-electron chi connectivity index (χ2n) is 3.41. The van der Waals surface area contributed by atoms with Gasteiger partial charge in [-0.15, -0.1) is 17.9 Å². The quantitative estimate of drug-likeness (QED) is 0.630. The normalized spacial score (nSPS) is 10.2. The van der Waals surface area contributed by atoms with Gasteiger partial charge in [0.05, 0.1) is 4.88 Å². The molecule has 3 nitrogen and oxygen atoms in total. The first-order valence-corrected chi connectivity index (χ1v) is 5.70. The number of amides is 1. The van der Waals surface area contributed by atoms with Crippen LogP contribution in [0.5, 0.6) is 0 Å². The molecule has 0 saturated heterocycles. The topological polar surface area (TPSA) is 55.1 Å². The van der Waals surface area contributed by atoms with Gasteiger partial charge in [-0.25, -0.2) is 0 Å². The number of nitrogens with two attached hydrogens (primary N) is 1. The van der Waals surface area contributed by atoms with Crippen molar-refractivity contribution in [2.24, 2.45) is 0 Å². The standard InChI is InChI=1S/C12H12N2OS/c1-2-5-14-12(15)11-7-8-6-9(13)3-4-10(8)16-11/h2-4,6-7H,1,5,13H2,(H,14,15). The minimum absolute atomic E-state index is 0.0697. The summed E-state index contributed by atoms with van der Waals surface area (Å²) in [5.74, 6) is -0.0697. The lowest BCUT2D eigenvalue weighted by Crippen LogP contribution is -2.21. The molecule has 1 aromatic heterocycles. The number of carbonyl (C=O) groups excluding carboxylic acids is 1. The molecule has 0 spiro atoms. The Morgan fingerprint density at radius 2 is 2.31 bits per heavy atom. The van der Waals surface area contributed by atoms with Gasteiger partial charge in [0, 0.05) is 16.9 Å². The molecule has 0 bridgehead atoms. The maximum absolute atomic E-state index is 11.7. The highest BCUT2D eigenvalue weighted by Gasteiger charge is 2.08. The predicted octanol–water partition coefficient (Wildman–Crippen LogP) is 2.40. The first kappa shape index (κ1) is 10.7. The van der Waals surface area contributed by atoms with Crippen LogP contribution in [-0.2, 0) is 0 Å². The molecule has 16 heavy (non-hydrogen) atoms. The van der Waals surface area contributed by atoms with Crippen LogP contribution in [0.15, 0.2) is 36.9 Å². The summed E-state index contributed by atoms with van der Waals surface area (Å²) >= 11 is 1.46. The summed E-state index contributed by atoms with van der Waals surface area (Å²) in [6.45, 7) is 4.03. The molecule has 0 aliphatic carbocycles. The Morgan fingerprint density at radius 3 is 3.06 bits per heavy atom. The highest BCUT2D eigenvalue weighted by molar-refractivity contribution is 7.20. The van der Waals surface area contributed by atoms with Gasteiger partial charge in [-0.1, -0.05) is 6.08 Å². The maximum atomic E-state index is 11.7. The second kappa shape index (κ2) is 4.37. The summed E-state index contributed by atoms with van der Waals surface area (Å²) < 4.78 is 1.07. The van der Waals surface area contributed by atoms with E-state index >= 15 is 0 Å². The van der Waals surface area contributed by atoms with Crippen LogP contribution < -0.4 is 11.1 Å². The summed E-state index contributed by atoms with van der Waals surface area (Å²) in [5.41, 5.74) is 6.39. The van der Waals surface area contributed by atoms with Gasteiger partial charge in [-0.05, 0) is 29.7 Å². The molecule has 0 aliphatic heterocycles. The van der Waals surface area contributed by atoms with Gasteiger partial charge in [-0.3, -0.25) is 4.79 Å². The Kier molecular flexibility index (Phi) is 2.92. The summed E-state index contributed by atoms with van der Waals surface area (Å²) in [6, 6.07) is 7.49. The fourth-order valence-electron chi connectivity index (χ4n) is 1.43. The Balaban J connectivity index is 2.32.